The zero-order chi connectivity index (χ0) is 32.8. The van der Waals surface area contributed by atoms with Gasteiger partial charge in [-0.3, -0.25) is 28.0 Å². The predicted octanol–water partition coefficient (Wildman–Crippen LogP) is -0.0715. The van der Waals surface area contributed by atoms with E-state index in [2.05, 4.69) is 29.9 Å². The average molecular weight is 729 g/mol. The molecule has 0 radical (unpaired) electrons. The summed E-state index contributed by atoms with van der Waals surface area (Å²) in [6, 6.07) is 0. The topological polar surface area (TPSA) is 255 Å². The maximum Gasteiger partial charge on any atom is 0.327 e. The number of aromatic amines is 1. The molecule has 7 N–H and O–H groups in total. The lowest BCUT2D eigenvalue weighted by Gasteiger charge is -2.37. The number of nitrogens with zero attached hydrogens (tertiary/aromatic N) is 7. The molecule has 3 fully saturated rings. The third-order valence-corrected chi connectivity index (χ3v) is 10.6. The van der Waals surface area contributed by atoms with Crippen LogP contribution in [0.4, 0.5) is 24.9 Å². The zero-order valence-corrected chi connectivity index (χ0v) is 26.0. The molecular weight excluding hydrogens is 707 g/mol. The molecule has 2 bridgehead atoms. The minimum Gasteiger partial charge on any atom is -0.382 e. The van der Waals surface area contributed by atoms with E-state index in [1.54, 1.807) is 0 Å². The third-order valence-electron chi connectivity index (χ3n) is 7.46. The Morgan fingerprint density at radius 1 is 1.04 bits per heavy atom. The summed E-state index contributed by atoms with van der Waals surface area (Å²) < 4.78 is 83.3. The Morgan fingerprint density at radius 3 is 2.57 bits per heavy atom. The molecule has 3 saturated heterocycles. The molecule has 26 heteroatoms. The van der Waals surface area contributed by atoms with Crippen LogP contribution in [0.2, 0.25) is 0 Å². The summed E-state index contributed by atoms with van der Waals surface area (Å²) in [5.41, 5.74) is 6.90. The highest BCUT2D eigenvalue weighted by Gasteiger charge is 2.70. The molecule has 0 amide bonds. The van der Waals surface area contributed by atoms with Crippen molar-refractivity contribution in [3.63, 3.8) is 0 Å². The summed E-state index contributed by atoms with van der Waals surface area (Å²) in [4.78, 5) is 56.3. The number of halogens is 3. The molecule has 3 aliphatic rings. The molecule has 7 rings (SSSR count). The largest absolute Gasteiger partial charge is 0.382 e. The Kier molecular flexibility index (Phi) is 7.55. The van der Waals surface area contributed by atoms with Gasteiger partial charge in [0.05, 0.1) is 25.9 Å². The SMILES string of the molecule is Nc1nc2c(ncn2[C@@]23CO[C@H](COP(O)(=S)O[C@H]4[C@H](F)[C@H](n5cnc6c(N)ncnc65)O[C@@H]4COP(O)(=S)O2)C3(F)F)c(=O)[nH]1. The van der Waals surface area contributed by atoms with Gasteiger partial charge in [-0.05, 0) is 23.6 Å². The molecule has 8 atom stereocenters. The van der Waals surface area contributed by atoms with Gasteiger partial charge in [-0.25, -0.2) is 24.3 Å². The number of hydrogen-bond acceptors (Lipinski definition) is 16. The number of hydrogen-bond donors (Lipinski definition) is 5. The molecule has 0 aliphatic carbocycles. The number of nitrogens with two attached hydrogens (primary N) is 2. The van der Waals surface area contributed by atoms with Crippen molar-refractivity contribution in [1.82, 2.24) is 39.0 Å². The molecule has 4 aromatic rings. The second-order valence-electron chi connectivity index (χ2n) is 10.2. The van der Waals surface area contributed by atoms with Crippen LogP contribution < -0.4 is 17.0 Å². The van der Waals surface area contributed by atoms with Crippen molar-refractivity contribution in [1.29, 1.82) is 0 Å². The van der Waals surface area contributed by atoms with Gasteiger partial charge in [0.25, 0.3) is 5.56 Å². The molecule has 19 nitrogen and oxygen atoms in total. The molecule has 0 saturated carbocycles. The second-order valence-corrected chi connectivity index (χ2v) is 15.8. The first-order valence-corrected chi connectivity index (χ1v) is 18.1. The van der Waals surface area contributed by atoms with Crippen molar-refractivity contribution in [3.8, 4) is 0 Å². The normalized spacial score (nSPS) is 36.7. The molecule has 0 aromatic carbocycles. The van der Waals surface area contributed by atoms with Gasteiger partial charge in [-0.1, -0.05) is 0 Å². The fourth-order valence-corrected chi connectivity index (χ4v) is 8.35. The van der Waals surface area contributed by atoms with Crippen molar-refractivity contribution in [2.45, 2.75) is 42.4 Å². The number of anilines is 2. The van der Waals surface area contributed by atoms with E-state index in [9.17, 15) is 14.6 Å². The van der Waals surface area contributed by atoms with Gasteiger partial charge in [0.2, 0.25) is 11.7 Å². The standard InChI is InChI=1S/C20H21F3N10O9P2S2/c21-9-12-7(40-17(9)32-5-28-10-13(24)26-4-27-14(10)32)1-38-44(36,46)42-19(33-6-29-11-15(33)30-18(25)31-16(11)34)3-37-8(20(19,22)23)2-39-43(35,45)41-12/h4-9,12,17H,1-3H2,(H,35,45)(H,36,46)(H2,24,26,27)(H3,25,30,31,34)/t7-,8-,9+,12-,17-,19+,43?,44?/m1/s1. The van der Waals surface area contributed by atoms with Crippen LogP contribution in [0, 0.1) is 0 Å². The van der Waals surface area contributed by atoms with Crippen LogP contribution >= 0.6 is 13.4 Å². The fraction of sp³-hybridized carbons (Fsp3) is 0.500. The molecule has 7 heterocycles. The van der Waals surface area contributed by atoms with Gasteiger partial charge in [-0.15, -0.1) is 0 Å². The number of aromatic nitrogens is 8. The molecule has 0 spiro atoms. The quantitative estimate of drug-likeness (QED) is 0.169. The summed E-state index contributed by atoms with van der Waals surface area (Å²) in [5, 5.41) is 0. The van der Waals surface area contributed by atoms with Gasteiger partial charge < -0.3 is 39.8 Å². The first kappa shape index (κ1) is 31.8. The summed E-state index contributed by atoms with van der Waals surface area (Å²) in [6.45, 7) is -12.2. The van der Waals surface area contributed by atoms with Crippen LogP contribution in [0.3, 0.4) is 0 Å². The second kappa shape index (κ2) is 10.9. The Hall–Kier alpha value is -2.73. The van der Waals surface area contributed by atoms with Crippen LogP contribution in [0.1, 0.15) is 6.23 Å². The molecule has 3 aliphatic heterocycles. The number of H-pyrrole nitrogens is 1. The monoisotopic (exact) mass is 728 g/mol. The van der Waals surface area contributed by atoms with E-state index in [1.165, 1.54) is 10.9 Å². The van der Waals surface area contributed by atoms with Gasteiger partial charge in [-0.2, -0.15) is 13.8 Å². The number of rotatable bonds is 2. The number of nitrogen functional groups attached to an aromatic ring is 2. The average Bonchev–Trinajstić information content (AvgIpc) is 3.71. The highest BCUT2D eigenvalue weighted by Crippen LogP contribution is 2.59. The van der Waals surface area contributed by atoms with Crippen LogP contribution in [0.5, 0.6) is 0 Å². The number of fused-ring (bicyclic) bond motifs is 5. The van der Waals surface area contributed by atoms with Crippen molar-refractivity contribution >= 4 is 71.1 Å². The van der Waals surface area contributed by atoms with Crippen LogP contribution in [0.15, 0.2) is 23.8 Å². The van der Waals surface area contributed by atoms with E-state index in [-0.39, 0.29) is 17.0 Å². The summed E-state index contributed by atoms with van der Waals surface area (Å²) >= 11 is 10.2. The van der Waals surface area contributed by atoms with E-state index in [4.69, 9.17) is 62.6 Å². The van der Waals surface area contributed by atoms with E-state index >= 15 is 13.2 Å². The predicted molar refractivity (Wildman–Crippen MR) is 155 cm³/mol. The lowest BCUT2D eigenvalue weighted by Crippen LogP contribution is -2.54. The molecule has 248 valence electrons. The molecule has 4 aromatic heterocycles. The smallest absolute Gasteiger partial charge is 0.327 e. The van der Waals surface area contributed by atoms with Gasteiger partial charge in [0, 0.05) is 0 Å². The van der Waals surface area contributed by atoms with Crippen molar-refractivity contribution in [2.75, 3.05) is 31.3 Å². The number of imidazole rings is 2. The third kappa shape index (κ3) is 5.04. The van der Waals surface area contributed by atoms with Gasteiger partial charge >= 0.3 is 19.4 Å². The Balaban J connectivity index is 1.28. The van der Waals surface area contributed by atoms with E-state index in [0.717, 1.165) is 12.7 Å². The van der Waals surface area contributed by atoms with Crippen molar-refractivity contribution in [3.05, 3.63) is 29.3 Å². The Bertz CT molecular complexity index is 2020. The minimum atomic E-state index is -4.77. The van der Waals surface area contributed by atoms with Crippen LogP contribution in [0.25, 0.3) is 22.3 Å². The maximum absolute atomic E-state index is 16.4. The first-order chi connectivity index (χ1) is 21.6. The van der Waals surface area contributed by atoms with E-state index in [0.29, 0.717) is 4.57 Å². The van der Waals surface area contributed by atoms with Crippen LogP contribution in [-0.2, 0) is 56.9 Å². The lowest BCUT2D eigenvalue weighted by molar-refractivity contribution is -0.199. The van der Waals surface area contributed by atoms with E-state index in [1.807, 2.05) is 0 Å². The zero-order valence-electron chi connectivity index (χ0n) is 22.6. The number of ether oxygens (including phenoxy) is 2. The molecule has 2 unspecified atom stereocenters. The highest BCUT2D eigenvalue weighted by molar-refractivity contribution is 8.07. The minimum absolute atomic E-state index is 0.00687. The number of alkyl halides is 3. The fourth-order valence-electron chi connectivity index (χ4n) is 5.34. The first-order valence-electron chi connectivity index (χ1n) is 12.9. The number of nitrogens with one attached hydrogen (secondary N) is 1. The maximum atomic E-state index is 16.4. The molecular formula is C20H21F3N10O9P2S2. The van der Waals surface area contributed by atoms with Crippen molar-refractivity contribution in [2.24, 2.45) is 0 Å². The Morgan fingerprint density at radius 2 is 1.78 bits per heavy atom. The highest BCUT2D eigenvalue weighted by atomic mass is 32.5. The van der Waals surface area contributed by atoms with E-state index < -0.39 is 98.3 Å². The lowest BCUT2D eigenvalue weighted by atomic mass is 10.0. The summed E-state index contributed by atoms with van der Waals surface area (Å²) in [5.74, 6) is -4.61. The summed E-state index contributed by atoms with van der Waals surface area (Å²) in [7, 11) is 0. The Labute approximate surface area is 263 Å². The van der Waals surface area contributed by atoms with Gasteiger partial charge in [0.1, 0.15) is 30.7 Å². The van der Waals surface area contributed by atoms with Gasteiger partial charge in [0.15, 0.2) is 41.1 Å². The summed E-state index contributed by atoms with van der Waals surface area (Å²) in [6.07, 6.45) is -6.04. The van der Waals surface area contributed by atoms with Crippen molar-refractivity contribution < 1.29 is 50.5 Å². The van der Waals surface area contributed by atoms with Crippen LogP contribution in [-0.4, -0.2) is 99.1 Å². The molecule has 46 heavy (non-hydrogen) atoms.